The third-order valence-corrected chi connectivity index (χ3v) is 3.85. The summed E-state index contributed by atoms with van der Waals surface area (Å²) in [7, 11) is 0. The number of hydrogen-bond donors (Lipinski definition) is 0. The molecule has 0 spiro atoms. The van der Waals surface area contributed by atoms with Crippen LogP contribution in [0.2, 0.25) is 0 Å². The van der Waals surface area contributed by atoms with Crippen LogP contribution in [0, 0.1) is 6.92 Å². The molecule has 0 aliphatic heterocycles. The molecule has 1 aromatic heterocycles. The van der Waals surface area contributed by atoms with Crippen LogP contribution in [0.1, 0.15) is 22.8 Å². The SMILES string of the molecule is CCOC(=O)c1c(-c2ccccc2)cc(-c2ccc(C)cc2)oc1=O. The van der Waals surface area contributed by atoms with Crippen molar-refractivity contribution in [1.29, 1.82) is 0 Å². The Bertz CT molecular complexity index is 938. The second-order valence-electron chi connectivity index (χ2n) is 5.64. The number of carbonyl (C=O) groups excluding carboxylic acids is 1. The summed E-state index contributed by atoms with van der Waals surface area (Å²) in [6.45, 7) is 3.87. The van der Waals surface area contributed by atoms with Gasteiger partial charge in [-0.3, -0.25) is 0 Å². The second kappa shape index (κ2) is 7.18. The summed E-state index contributed by atoms with van der Waals surface area (Å²) in [5.74, 6) is -0.262. The van der Waals surface area contributed by atoms with E-state index < -0.39 is 11.6 Å². The zero-order chi connectivity index (χ0) is 17.8. The first-order valence-corrected chi connectivity index (χ1v) is 8.08. The van der Waals surface area contributed by atoms with Crippen LogP contribution in [0.5, 0.6) is 0 Å². The van der Waals surface area contributed by atoms with Crippen molar-refractivity contribution in [2.75, 3.05) is 6.61 Å². The van der Waals surface area contributed by atoms with Crippen molar-refractivity contribution >= 4 is 5.97 Å². The van der Waals surface area contributed by atoms with Crippen molar-refractivity contribution in [1.82, 2.24) is 0 Å². The molecule has 25 heavy (non-hydrogen) atoms. The summed E-state index contributed by atoms with van der Waals surface area (Å²) in [5.41, 5.74) is 2.37. The number of hydrogen-bond acceptors (Lipinski definition) is 4. The van der Waals surface area contributed by atoms with Gasteiger partial charge in [0.2, 0.25) is 0 Å². The van der Waals surface area contributed by atoms with Crippen LogP contribution in [-0.4, -0.2) is 12.6 Å². The third kappa shape index (κ3) is 3.53. The van der Waals surface area contributed by atoms with Gasteiger partial charge in [-0.25, -0.2) is 9.59 Å². The maximum Gasteiger partial charge on any atom is 0.351 e. The summed E-state index contributed by atoms with van der Waals surface area (Å²) in [5, 5.41) is 0. The average molecular weight is 334 g/mol. The van der Waals surface area contributed by atoms with Gasteiger partial charge in [0, 0.05) is 11.1 Å². The van der Waals surface area contributed by atoms with Gasteiger partial charge in [0.25, 0.3) is 0 Å². The molecule has 0 radical (unpaired) electrons. The van der Waals surface area contributed by atoms with Gasteiger partial charge in [0.15, 0.2) is 5.56 Å². The highest BCUT2D eigenvalue weighted by atomic mass is 16.5. The van der Waals surface area contributed by atoms with Gasteiger partial charge in [-0.2, -0.15) is 0 Å². The minimum absolute atomic E-state index is 0.0797. The fourth-order valence-corrected chi connectivity index (χ4v) is 2.60. The summed E-state index contributed by atoms with van der Waals surface area (Å²) >= 11 is 0. The van der Waals surface area contributed by atoms with Gasteiger partial charge in [-0.1, -0.05) is 60.2 Å². The average Bonchev–Trinajstić information content (AvgIpc) is 2.62. The lowest BCUT2D eigenvalue weighted by atomic mass is 9.99. The molecule has 0 atom stereocenters. The Hall–Kier alpha value is -3.14. The molecule has 1 heterocycles. The number of ether oxygens (including phenoxy) is 1. The van der Waals surface area contributed by atoms with E-state index in [0.717, 1.165) is 16.7 Å². The fourth-order valence-electron chi connectivity index (χ4n) is 2.60. The van der Waals surface area contributed by atoms with Crippen LogP contribution in [0.3, 0.4) is 0 Å². The van der Waals surface area contributed by atoms with Crippen molar-refractivity contribution in [3.05, 3.63) is 82.2 Å². The second-order valence-corrected chi connectivity index (χ2v) is 5.64. The quantitative estimate of drug-likeness (QED) is 0.661. The molecule has 4 nitrogen and oxygen atoms in total. The van der Waals surface area contributed by atoms with Crippen molar-refractivity contribution in [2.45, 2.75) is 13.8 Å². The van der Waals surface area contributed by atoms with Gasteiger partial charge >= 0.3 is 11.6 Å². The van der Waals surface area contributed by atoms with E-state index in [2.05, 4.69) is 0 Å². The molecule has 3 rings (SSSR count). The van der Waals surface area contributed by atoms with Gasteiger partial charge in [-0.15, -0.1) is 0 Å². The van der Waals surface area contributed by atoms with Crippen molar-refractivity contribution < 1.29 is 13.9 Å². The van der Waals surface area contributed by atoms with Gasteiger partial charge in [-0.05, 0) is 25.5 Å². The molecule has 0 saturated heterocycles. The molecule has 0 unspecified atom stereocenters. The maximum atomic E-state index is 12.5. The molecule has 0 fully saturated rings. The predicted molar refractivity (Wildman–Crippen MR) is 96.5 cm³/mol. The first-order valence-electron chi connectivity index (χ1n) is 8.08. The molecule has 4 heteroatoms. The monoisotopic (exact) mass is 334 g/mol. The number of aryl methyl sites for hydroxylation is 1. The molecule has 0 aliphatic carbocycles. The van der Waals surface area contributed by atoms with E-state index in [1.807, 2.05) is 61.5 Å². The standard InChI is InChI=1S/C21H18O4/c1-3-24-20(22)19-17(15-7-5-4-6-8-15)13-18(25-21(19)23)16-11-9-14(2)10-12-16/h4-13H,3H2,1-2H3. The normalized spacial score (nSPS) is 10.5. The summed E-state index contributed by atoms with van der Waals surface area (Å²) in [4.78, 5) is 24.8. The van der Waals surface area contributed by atoms with E-state index in [1.165, 1.54) is 0 Å². The Morgan fingerprint density at radius 2 is 1.68 bits per heavy atom. The topological polar surface area (TPSA) is 56.5 Å². The number of esters is 1. The molecular formula is C21H18O4. The molecule has 126 valence electrons. The van der Waals surface area contributed by atoms with Crippen LogP contribution in [0.15, 0.2) is 69.9 Å². The molecule has 0 bridgehead atoms. The summed E-state index contributed by atoms with van der Waals surface area (Å²) < 4.78 is 10.4. The Morgan fingerprint density at radius 3 is 2.32 bits per heavy atom. The molecule has 0 aliphatic rings. The lowest BCUT2D eigenvalue weighted by molar-refractivity contribution is 0.0522. The molecular weight excluding hydrogens is 316 g/mol. The van der Waals surface area contributed by atoms with Crippen LogP contribution < -0.4 is 5.63 Å². The van der Waals surface area contributed by atoms with Crippen molar-refractivity contribution in [3.8, 4) is 22.5 Å². The van der Waals surface area contributed by atoms with E-state index in [0.29, 0.717) is 11.3 Å². The molecule has 3 aromatic rings. The highest BCUT2D eigenvalue weighted by molar-refractivity contribution is 5.97. The Labute approximate surface area is 145 Å². The Morgan fingerprint density at radius 1 is 1.00 bits per heavy atom. The molecule has 0 N–H and O–H groups in total. The van der Waals surface area contributed by atoms with Crippen molar-refractivity contribution in [2.24, 2.45) is 0 Å². The molecule has 2 aromatic carbocycles. The highest BCUT2D eigenvalue weighted by Crippen LogP contribution is 2.28. The highest BCUT2D eigenvalue weighted by Gasteiger charge is 2.21. The first-order chi connectivity index (χ1) is 12.1. The number of carbonyl (C=O) groups is 1. The fraction of sp³-hybridized carbons (Fsp3) is 0.143. The lowest BCUT2D eigenvalue weighted by Gasteiger charge is -2.10. The number of rotatable bonds is 4. The minimum atomic E-state index is -0.699. The van der Waals surface area contributed by atoms with E-state index in [4.69, 9.17) is 9.15 Å². The van der Waals surface area contributed by atoms with E-state index >= 15 is 0 Å². The van der Waals surface area contributed by atoms with Gasteiger partial charge in [0.05, 0.1) is 6.61 Å². The van der Waals surface area contributed by atoms with Crippen LogP contribution in [0.4, 0.5) is 0 Å². The summed E-state index contributed by atoms with van der Waals surface area (Å²) in [6, 6.07) is 18.6. The van der Waals surface area contributed by atoms with Crippen LogP contribution >= 0.6 is 0 Å². The molecule has 0 saturated carbocycles. The first kappa shape index (κ1) is 16.7. The molecule has 0 amide bonds. The van der Waals surface area contributed by atoms with Crippen molar-refractivity contribution in [3.63, 3.8) is 0 Å². The van der Waals surface area contributed by atoms with E-state index in [9.17, 15) is 9.59 Å². The van der Waals surface area contributed by atoms with E-state index in [1.54, 1.807) is 13.0 Å². The maximum absolute atomic E-state index is 12.5. The predicted octanol–water partition coefficient (Wildman–Crippen LogP) is 4.46. The lowest BCUT2D eigenvalue weighted by Crippen LogP contribution is -2.18. The Balaban J connectivity index is 2.22. The minimum Gasteiger partial charge on any atom is -0.462 e. The van der Waals surface area contributed by atoms with E-state index in [-0.39, 0.29) is 12.2 Å². The number of benzene rings is 2. The zero-order valence-electron chi connectivity index (χ0n) is 14.1. The third-order valence-electron chi connectivity index (χ3n) is 3.85. The largest absolute Gasteiger partial charge is 0.462 e. The zero-order valence-corrected chi connectivity index (χ0v) is 14.1. The smallest absolute Gasteiger partial charge is 0.351 e. The Kier molecular flexibility index (Phi) is 4.80. The van der Waals surface area contributed by atoms with Crippen LogP contribution in [-0.2, 0) is 4.74 Å². The van der Waals surface area contributed by atoms with Crippen LogP contribution in [0.25, 0.3) is 22.5 Å². The summed E-state index contributed by atoms with van der Waals surface area (Å²) in [6.07, 6.45) is 0. The van der Waals surface area contributed by atoms with Gasteiger partial charge in [0.1, 0.15) is 5.76 Å². The van der Waals surface area contributed by atoms with Gasteiger partial charge < -0.3 is 9.15 Å².